The first-order chi connectivity index (χ1) is 18.8. The minimum atomic E-state index is -0.903. The van der Waals surface area contributed by atoms with Gasteiger partial charge in [-0.05, 0) is 55.2 Å². The van der Waals surface area contributed by atoms with Crippen molar-refractivity contribution in [3.05, 3.63) is 112 Å². The Balaban J connectivity index is 1.64. The van der Waals surface area contributed by atoms with Crippen LogP contribution in [0.4, 0.5) is 14.5 Å². The molecule has 0 saturated carbocycles. The van der Waals surface area contributed by atoms with Gasteiger partial charge in [-0.2, -0.15) is 0 Å². The zero-order chi connectivity index (χ0) is 27.7. The molecule has 8 heteroatoms. The number of nitrogens with one attached hydrogen (secondary N) is 2. The summed E-state index contributed by atoms with van der Waals surface area (Å²) in [5.41, 5.74) is 2.80. The van der Waals surface area contributed by atoms with E-state index in [9.17, 15) is 18.4 Å². The van der Waals surface area contributed by atoms with Crippen LogP contribution in [0.1, 0.15) is 42.7 Å². The average molecular weight is 531 g/mol. The smallest absolute Gasteiger partial charge is 0.254 e. The first-order valence-electron chi connectivity index (χ1n) is 12.6. The molecule has 0 aromatic heterocycles. The van der Waals surface area contributed by atoms with Crippen LogP contribution in [0.5, 0.6) is 11.5 Å². The van der Waals surface area contributed by atoms with Gasteiger partial charge in [0.05, 0.1) is 20.1 Å². The van der Waals surface area contributed by atoms with E-state index in [1.807, 2.05) is 30.3 Å². The van der Waals surface area contributed by atoms with Crippen molar-refractivity contribution >= 4 is 17.4 Å². The number of methoxy groups -OCH3 is 2. The molecular formula is C31H28F2N2O4. The topological polar surface area (TPSA) is 76.7 Å². The van der Waals surface area contributed by atoms with Crippen molar-refractivity contribution in [2.24, 2.45) is 0 Å². The second kappa shape index (κ2) is 10.7. The molecule has 0 radical (unpaired) electrons. The van der Waals surface area contributed by atoms with Gasteiger partial charge in [0.2, 0.25) is 0 Å². The molecule has 3 aromatic carbocycles. The van der Waals surface area contributed by atoms with Gasteiger partial charge in [-0.3, -0.25) is 9.59 Å². The van der Waals surface area contributed by atoms with Crippen LogP contribution in [0.25, 0.3) is 0 Å². The second-order valence-corrected chi connectivity index (χ2v) is 9.59. The number of ketones is 1. The second-order valence-electron chi connectivity index (χ2n) is 9.59. The van der Waals surface area contributed by atoms with Crippen molar-refractivity contribution in [1.29, 1.82) is 0 Å². The van der Waals surface area contributed by atoms with Crippen LogP contribution in [0.2, 0.25) is 0 Å². The third kappa shape index (κ3) is 4.90. The number of hydrogen-bond acceptors (Lipinski definition) is 5. The molecule has 0 fully saturated rings. The van der Waals surface area contributed by atoms with Crippen LogP contribution in [-0.2, 0) is 9.59 Å². The van der Waals surface area contributed by atoms with Gasteiger partial charge in [0.15, 0.2) is 5.78 Å². The minimum absolute atomic E-state index is 0.0338. The number of carbonyl (C=O) groups is 2. The molecule has 2 N–H and O–H groups in total. The van der Waals surface area contributed by atoms with Crippen molar-refractivity contribution in [3.63, 3.8) is 0 Å². The number of allylic oxidation sites excluding steroid dienone is 3. The van der Waals surface area contributed by atoms with Crippen molar-refractivity contribution in [2.75, 3.05) is 19.5 Å². The lowest BCUT2D eigenvalue weighted by Crippen LogP contribution is -2.37. The highest BCUT2D eigenvalue weighted by molar-refractivity contribution is 6.10. The number of ether oxygens (including phenoxy) is 2. The van der Waals surface area contributed by atoms with Crippen LogP contribution in [0.15, 0.2) is 89.3 Å². The molecule has 1 aliphatic carbocycles. The summed E-state index contributed by atoms with van der Waals surface area (Å²) in [7, 11) is 3.02. The summed E-state index contributed by atoms with van der Waals surface area (Å²) in [6, 6.07) is 18.3. The summed E-state index contributed by atoms with van der Waals surface area (Å²) >= 11 is 0. The van der Waals surface area contributed by atoms with Crippen LogP contribution < -0.4 is 20.1 Å². The lowest BCUT2D eigenvalue weighted by Gasteiger charge is -2.37. The molecule has 0 bridgehead atoms. The van der Waals surface area contributed by atoms with Crippen LogP contribution in [0.3, 0.4) is 0 Å². The Morgan fingerprint density at radius 3 is 2.33 bits per heavy atom. The van der Waals surface area contributed by atoms with E-state index in [1.165, 1.54) is 20.3 Å². The molecule has 0 spiro atoms. The number of para-hydroxylation sites is 1. The SMILES string of the molecule is COc1ccc(OC)c([C@H]2C(C(=O)Nc3c(F)cccc3F)=C(C)NC3=C2C(=O)C[C@@H](c2ccccc2)C3)c1. The van der Waals surface area contributed by atoms with Crippen LogP contribution in [-0.4, -0.2) is 25.9 Å². The molecular weight excluding hydrogens is 502 g/mol. The summed E-state index contributed by atoms with van der Waals surface area (Å²) in [5, 5.41) is 5.67. The first-order valence-corrected chi connectivity index (χ1v) is 12.6. The van der Waals surface area contributed by atoms with E-state index in [1.54, 1.807) is 25.1 Å². The maximum absolute atomic E-state index is 14.5. The van der Waals surface area contributed by atoms with Crippen molar-refractivity contribution in [3.8, 4) is 11.5 Å². The third-order valence-corrected chi connectivity index (χ3v) is 7.29. The molecule has 6 nitrogen and oxygen atoms in total. The van der Waals surface area contributed by atoms with Crippen LogP contribution >= 0.6 is 0 Å². The maximum Gasteiger partial charge on any atom is 0.254 e. The Kier molecular flexibility index (Phi) is 7.19. The molecule has 2 aliphatic rings. The van der Waals surface area contributed by atoms with Crippen molar-refractivity contribution in [1.82, 2.24) is 5.32 Å². The van der Waals surface area contributed by atoms with E-state index in [0.29, 0.717) is 40.5 Å². The first kappa shape index (κ1) is 26.2. The highest BCUT2D eigenvalue weighted by Crippen LogP contribution is 2.48. The fraction of sp³-hybridized carbons (Fsp3) is 0.226. The van der Waals surface area contributed by atoms with Gasteiger partial charge >= 0.3 is 0 Å². The number of hydrogen-bond donors (Lipinski definition) is 2. The van der Waals surface area contributed by atoms with E-state index in [0.717, 1.165) is 17.7 Å². The minimum Gasteiger partial charge on any atom is -0.497 e. The molecule has 5 rings (SSSR count). The molecule has 0 saturated heterocycles. The summed E-state index contributed by atoms with van der Waals surface area (Å²) < 4.78 is 40.0. The molecule has 3 aromatic rings. The Hall–Kier alpha value is -4.46. The monoisotopic (exact) mass is 530 g/mol. The number of benzene rings is 3. The zero-order valence-corrected chi connectivity index (χ0v) is 21.8. The number of rotatable bonds is 6. The van der Waals surface area contributed by atoms with Crippen molar-refractivity contribution < 1.29 is 27.8 Å². The maximum atomic E-state index is 14.5. The molecule has 0 unspecified atom stereocenters. The van der Waals surface area contributed by atoms with Crippen LogP contribution in [0, 0.1) is 11.6 Å². The van der Waals surface area contributed by atoms with E-state index >= 15 is 0 Å². The van der Waals surface area contributed by atoms with Gasteiger partial charge < -0.3 is 20.1 Å². The Morgan fingerprint density at radius 1 is 0.949 bits per heavy atom. The fourth-order valence-corrected chi connectivity index (χ4v) is 5.48. The number of anilines is 1. The third-order valence-electron chi connectivity index (χ3n) is 7.29. The average Bonchev–Trinajstić information content (AvgIpc) is 2.94. The van der Waals surface area contributed by atoms with E-state index in [2.05, 4.69) is 10.6 Å². The van der Waals surface area contributed by atoms with Gasteiger partial charge in [-0.25, -0.2) is 8.78 Å². The lowest BCUT2D eigenvalue weighted by atomic mass is 9.71. The molecule has 1 amide bonds. The highest BCUT2D eigenvalue weighted by atomic mass is 19.1. The van der Waals surface area contributed by atoms with Gasteiger partial charge in [0, 0.05) is 34.5 Å². The number of amides is 1. The number of carbonyl (C=O) groups excluding carboxylic acids is 2. The predicted molar refractivity (Wildman–Crippen MR) is 144 cm³/mol. The quantitative estimate of drug-likeness (QED) is 0.410. The molecule has 1 heterocycles. The molecule has 200 valence electrons. The summed E-state index contributed by atoms with van der Waals surface area (Å²) in [6.07, 6.45) is 0.811. The van der Waals surface area contributed by atoms with Gasteiger partial charge in [-0.15, -0.1) is 0 Å². The predicted octanol–water partition coefficient (Wildman–Crippen LogP) is 5.98. The summed E-state index contributed by atoms with van der Waals surface area (Å²) in [6.45, 7) is 1.71. The fourth-order valence-electron chi connectivity index (χ4n) is 5.48. The van der Waals surface area contributed by atoms with E-state index < -0.39 is 29.1 Å². The van der Waals surface area contributed by atoms with Gasteiger partial charge in [-0.1, -0.05) is 36.4 Å². The Bertz CT molecular complexity index is 1490. The van der Waals surface area contributed by atoms with Gasteiger partial charge in [0.25, 0.3) is 5.91 Å². The number of dihydropyridines is 1. The standard InChI is InChI=1S/C31H28F2N2O4/c1-17-27(31(37)35-30-22(32)10-7-11-23(30)33)28(21-16-20(38-2)12-13-26(21)39-3)29-24(34-17)14-19(15-25(29)36)18-8-5-4-6-9-18/h4-13,16,19,28,34H,14-15H2,1-3H3,(H,35,37)/t19-,28-/m0/s1. The number of Topliss-reactive ketones (excluding diaryl/α,β-unsaturated/α-hetero) is 1. The zero-order valence-electron chi connectivity index (χ0n) is 21.8. The normalized spacial score (nSPS) is 18.8. The lowest BCUT2D eigenvalue weighted by molar-refractivity contribution is -0.116. The van der Waals surface area contributed by atoms with E-state index in [-0.39, 0.29) is 23.7 Å². The molecule has 1 aliphatic heterocycles. The number of halogens is 2. The Morgan fingerprint density at radius 2 is 1.67 bits per heavy atom. The van der Waals surface area contributed by atoms with Gasteiger partial charge in [0.1, 0.15) is 28.8 Å². The van der Waals surface area contributed by atoms with E-state index in [4.69, 9.17) is 9.47 Å². The van der Waals surface area contributed by atoms with Crippen molar-refractivity contribution in [2.45, 2.75) is 31.6 Å². The highest BCUT2D eigenvalue weighted by Gasteiger charge is 2.42. The summed E-state index contributed by atoms with van der Waals surface area (Å²) in [4.78, 5) is 27.6. The largest absolute Gasteiger partial charge is 0.497 e. The molecule has 39 heavy (non-hydrogen) atoms. The molecule has 2 atom stereocenters. The Labute approximate surface area is 225 Å². The summed E-state index contributed by atoms with van der Waals surface area (Å²) in [5.74, 6) is -2.60.